The first kappa shape index (κ1) is 23.4. The van der Waals surface area contributed by atoms with Gasteiger partial charge in [-0.2, -0.15) is 0 Å². The van der Waals surface area contributed by atoms with Crippen LogP contribution in [0, 0.1) is 0 Å². The van der Waals surface area contributed by atoms with Gasteiger partial charge in [0.2, 0.25) is 5.91 Å². The third-order valence-electron chi connectivity index (χ3n) is 4.41. The minimum atomic E-state index is -1.13. The summed E-state index contributed by atoms with van der Waals surface area (Å²) in [4.78, 5) is 53.8. The Morgan fingerprint density at radius 2 is 2.06 bits per heavy atom. The number of carbonyl (C=O) groups is 4. The van der Waals surface area contributed by atoms with E-state index >= 15 is 0 Å². The number of hydrazine groups is 1. The van der Waals surface area contributed by atoms with Gasteiger partial charge in [-0.1, -0.05) is 35.5 Å². The standard InChI is InChI=1S/C19H20ClN5O6S/c1-30-19(29)16-15(18(28)22-16)21-17(27)14(24-31-8-11-5-3-2-4-6-11)12-9-32-10-25(12)23-13(26)7-20/h2-6,9,15-16H,7-8,10H2,1H3,(H,21,27)(H,22,28)(H,23,26)/b24-14-/t15-,16-/m1/s1. The van der Waals surface area contributed by atoms with Crippen molar-refractivity contribution in [2.75, 3.05) is 18.9 Å². The highest BCUT2D eigenvalue weighted by Crippen LogP contribution is 2.23. The van der Waals surface area contributed by atoms with Gasteiger partial charge in [0.05, 0.1) is 18.7 Å². The van der Waals surface area contributed by atoms with Crippen molar-refractivity contribution in [3.8, 4) is 0 Å². The highest BCUT2D eigenvalue weighted by molar-refractivity contribution is 8.02. The van der Waals surface area contributed by atoms with E-state index < -0.39 is 35.8 Å². The molecule has 2 heterocycles. The number of benzene rings is 1. The number of esters is 1. The Kier molecular flexibility index (Phi) is 7.95. The number of oxime groups is 1. The SMILES string of the molecule is COC(=O)[C@@H]1NC(=O)[C@@H]1NC(=O)/C(=N\OCc1ccccc1)C1=CSCN1NC(=O)CCl. The van der Waals surface area contributed by atoms with E-state index in [4.69, 9.17) is 16.4 Å². The van der Waals surface area contributed by atoms with Crippen molar-refractivity contribution in [2.45, 2.75) is 18.7 Å². The average molecular weight is 482 g/mol. The summed E-state index contributed by atoms with van der Waals surface area (Å²) in [5.41, 5.74) is 3.43. The molecule has 13 heteroatoms. The number of β-lactam (4-membered cyclic amide) rings is 1. The number of thioether (sulfide) groups is 1. The van der Waals surface area contributed by atoms with Gasteiger partial charge in [0.1, 0.15) is 18.5 Å². The van der Waals surface area contributed by atoms with Gasteiger partial charge in [0.15, 0.2) is 11.8 Å². The Balaban J connectivity index is 1.78. The van der Waals surface area contributed by atoms with Crippen molar-refractivity contribution in [2.24, 2.45) is 5.16 Å². The van der Waals surface area contributed by atoms with Crippen molar-refractivity contribution in [1.82, 2.24) is 21.1 Å². The van der Waals surface area contributed by atoms with E-state index in [9.17, 15) is 19.2 Å². The molecule has 3 rings (SSSR count). The van der Waals surface area contributed by atoms with Crippen molar-refractivity contribution in [1.29, 1.82) is 0 Å². The largest absolute Gasteiger partial charge is 0.467 e. The highest BCUT2D eigenvalue weighted by atomic mass is 35.5. The molecule has 170 valence electrons. The molecule has 2 aliphatic heterocycles. The molecule has 3 amide bonds. The predicted octanol–water partition coefficient (Wildman–Crippen LogP) is -0.167. The number of halogens is 1. The average Bonchev–Trinajstić information content (AvgIpc) is 3.26. The van der Waals surface area contributed by atoms with E-state index in [-0.39, 0.29) is 23.9 Å². The molecule has 2 aliphatic rings. The predicted molar refractivity (Wildman–Crippen MR) is 116 cm³/mol. The summed E-state index contributed by atoms with van der Waals surface area (Å²) in [5, 5.41) is 11.8. The number of rotatable bonds is 9. The Morgan fingerprint density at radius 3 is 2.72 bits per heavy atom. The van der Waals surface area contributed by atoms with Gasteiger partial charge in [-0.05, 0) is 5.56 Å². The molecule has 0 saturated carbocycles. The van der Waals surface area contributed by atoms with E-state index in [0.717, 1.165) is 5.56 Å². The van der Waals surface area contributed by atoms with Crippen LogP contribution in [0.4, 0.5) is 0 Å². The zero-order valence-electron chi connectivity index (χ0n) is 16.9. The number of nitrogens with zero attached hydrogens (tertiary/aromatic N) is 2. The van der Waals surface area contributed by atoms with Gasteiger partial charge in [0, 0.05) is 5.41 Å². The monoisotopic (exact) mass is 481 g/mol. The Labute approximate surface area is 192 Å². The summed E-state index contributed by atoms with van der Waals surface area (Å²) in [7, 11) is 1.17. The number of carbonyl (C=O) groups excluding carboxylic acids is 4. The van der Waals surface area contributed by atoms with Gasteiger partial charge in [-0.15, -0.1) is 23.4 Å². The first-order valence-electron chi connectivity index (χ1n) is 9.32. The normalized spacial score (nSPS) is 19.9. The molecule has 1 fully saturated rings. The summed E-state index contributed by atoms with van der Waals surface area (Å²) in [6.07, 6.45) is 0. The van der Waals surface area contributed by atoms with E-state index in [2.05, 4.69) is 26.0 Å². The number of hydrogen-bond acceptors (Lipinski definition) is 9. The number of methoxy groups -OCH3 is 1. The maximum absolute atomic E-state index is 13.0. The number of ether oxygens (including phenoxy) is 1. The van der Waals surface area contributed by atoms with Crippen LogP contribution in [0.2, 0.25) is 0 Å². The Bertz CT molecular complexity index is 957. The fraction of sp³-hybridized carbons (Fsp3) is 0.316. The van der Waals surface area contributed by atoms with Crippen molar-refractivity contribution in [3.63, 3.8) is 0 Å². The molecular weight excluding hydrogens is 462 g/mol. The van der Waals surface area contributed by atoms with Gasteiger partial charge in [-0.3, -0.25) is 24.8 Å². The maximum atomic E-state index is 13.0. The van der Waals surface area contributed by atoms with Crippen molar-refractivity contribution >= 4 is 52.8 Å². The first-order valence-corrected chi connectivity index (χ1v) is 10.9. The van der Waals surface area contributed by atoms with Gasteiger partial charge < -0.3 is 20.2 Å². The number of nitrogens with one attached hydrogen (secondary N) is 3. The van der Waals surface area contributed by atoms with E-state index in [1.54, 1.807) is 5.41 Å². The van der Waals surface area contributed by atoms with Crippen LogP contribution < -0.4 is 16.1 Å². The summed E-state index contributed by atoms with van der Waals surface area (Å²) < 4.78 is 4.62. The summed E-state index contributed by atoms with van der Waals surface area (Å²) in [6.45, 7) is 0.0841. The third-order valence-corrected chi connectivity index (χ3v) is 5.45. The molecule has 1 aromatic rings. The molecule has 1 saturated heterocycles. The summed E-state index contributed by atoms with van der Waals surface area (Å²) >= 11 is 6.86. The Hall–Kier alpha value is -3.25. The number of amides is 3. The quantitative estimate of drug-likeness (QED) is 0.145. The van der Waals surface area contributed by atoms with Crippen LogP contribution in [0.3, 0.4) is 0 Å². The molecule has 0 radical (unpaired) electrons. The first-order chi connectivity index (χ1) is 15.4. The van der Waals surface area contributed by atoms with Crippen LogP contribution in [-0.4, -0.2) is 65.4 Å². The van der Waals surface area contributed by atoms with Crippen LogP contribution in [0.5, 0.6) is 0 Å². The molecule has 3 N–H and O–H groups in total. The molecule has 0 bridgehead atoms. The second-order valence-corrected chi connectivity index (χ2v) is 7.65. The van der Waals surface area contributed by atoms with Gasteiger partial charge in [0.25, 0.3) is 11.8 Å². The number of hydrogen-bond donors (Lipinski definition) is 3. The lowest BCUT2D eigenvalue weighted by atomic mass is 9.98. The lowest BCUT2D eigenvalue weighted by Gasteiger charge is -2.34. The fourth-order valence-corrected chi connectivity index (χ4v) is 3.68. The molecule has 0 spiro atoms. The third kappa shape index (κ3) is 5.51. The van der Waals surface area contributed by atoms with Crippen LogP contribution in [0.15, 0.2) is 46.6 Å². The summed E-state index contributed by atoms with van der Waals surface area (Å²) in [6, 6.07) is 7.02. The van der Waals surface area contributed by atoms with Gasteiger partial charge in [-0.25, -0.2) is 4.79 Å². The van der Waals surface area contributed by atoms with Crippen molar-refractivity contribution in [3.05, 3.63) is 47.0 Å². The molecule has 1 aromatic carbocycles. The maximum Gasteiger partial charge on any atom is 0.331 e. The second-order valence-electron chi connectivity index (χ2n) is 6.55. The minimum Gasteiger partial charge on any atom is -0.467 e. The lowest BCUT2D eigenvalue weighted by Crippen LogP contribution is -2.72. The smallest absolute Gasteiger partial charge is 0.331 e. The molecule has 0 aliphatic carbocycles. The molecule has 11 nitrogen and oxygen atoms in total. The Morgan fingerprint density at radius 1 is 1.31 bits per heavy atom. The van der Waals surface area contributed by atoms with Crippen LogP contribution in [-0.2, 0) is 35.4 Å². The zero-order chi connectivity index (χ0) is 23.1. The lowest BCUT2D eigenvalue weighted by molar-refractivity contribution is -0.153. The molecular formula is C19H20ClN5O6S. The van der Waals surface area contributed by atoms with E-state index in [1.807, 2.05) is 30.3 Å². The second kappa shape index (κ2) is 10.9. The molecule has 32 heavy (non-hydrogen) atoms. The van der Waals surface area contributed by atoms with E-state index in [1.165, 1.54) is 23.9 Å². The van der Waals surface area contributed by atoms with Crippen LogP contribution in [0.1, 0.15) is 5.56 Å². The van der Waals surface area contributed by atoms with Gasteiger partial charge >= 0.3 is 5.97 Å². The fourth-order valence-electron chi connectivity index (χ4n) is 2.79. The van der Waals surface area contributed by atoms with Crippen LogP contribution >= 0.6 is 23.4 Å². The highest BCUT2D eigenvalue weighted by Gasteiger charge is 2.46. The number of alkyl halides is 1. The topological polar surface area (TPSA) is 138 Å². The molecule has 0 unspecified atom stereocenters. The van der Waals surface area contributed by atoms with E-state index in [0.29, 0.717) is 5.88 Å². The molecule has 2 atom stereocenters. The molecule has 0 aromatic heterocycles. The zero-order valence-corrected chi connectivity index (χ0v) is 18.4. The van der Waals surface area contributed by atoms with Crippen LogP contribution in [0.25, 0.3) is 0 Å². The minimum absolute atomic E-state index is 0.0841. The summed E-state index contributed by atoms with van der Waals surface area (Å²) in [5.74, 6) is -2.46. The van der Waals surface area contributed by atoms with Crippen molar-refractivity contribution < 1.29 is 28.8 Å².